The van der Waals surface area contributed by atoms with E-state index in [1.54, 1.807) is 12.4 Å². The summed E-state index contributed by atoms with van der Waals surface area (Å²) in [6.45, 7) is 6.07. The maximum atomic E-state index is 10.5. The Morgan fingerprint density at radius 3 is 2.64 bits per heavy atom. The first-order valence-electron chi connectivity index (χ1n) is 5.11. The van der Waals surface area contributed by atoms with Crippen molar-refractivity contribution in [2.24, 2.45) is 5.41 Å². The fourth-order valence-electron chi connectivity index (χ4n) is 1.97. The Morgan fingerprint density at radius 1 is 1.50 bits per heavy atom. The minimum Gasteiger partial charge on any atom is -0.385 e. The van der Waals surface area contributed by atoms with E-state index < -0.39 is 5.60 Å². The summed E-state index contributed by atoms with van der Waals surface area (Å²) in [5.41, 5.74) is 1.42. The van der Waals surface area contributed by atoms with Crippen molar-refractivity contribution in [2.45, 2.75) is 39.2 Å². The normalized spacial score (nSPS) is 22.9. The summed E-state index contributed by atoms with van der Waals surface area (Å²) in [6.07, 6.45) is 5.77. The van der Waals surface area contributed by atoms with Crippen LogP contribution in [0.5, 0.6) is 0 Å². The molecule has 1 fully saturated rings. The first kappa shape index (κ1) is 9.66. The highest BCUT2D eigenvalue weighted by molar-refractivity contribution is 5.31. The van der Waals surface area contributed by atoms with Gasteiger partial charge in [0, 0.05) is 23.4 Å². The molecule has 0 spiro atoms. The molecule has 1 aromatic rings. The van der Waals surface area contributed by atoms with Gasteiger partial charge in [0.1, 0.15) is 0 Å². The molecule has 0 aliphatic heterocycles. The smallest absolute Gasteiger partial charge is 0.0939 e. The van der Waals surface area contributed by atoms with Crippen molar-refractivity contribution in [1.29, 1.82) is 0 Å². The topological polar surface area (TPSA) is 33.1 Å². The number of rotatable bonds is 2. The minimum absolute atomic E-state index is 0.0563. The van der Waals surface area contributed by atoms with Gasteiger partial charge in [-0.1, -0.05) is 6.92 Å². The molecule has 1 heterocycles. The zero-order valence-corrected chi connectivity index (χ0v) is 9.04. The molecule has 1 N–H and O–H groups in total. The largest absolute Gasteiger partial charge is 0.385 e. The molecule has 0 radical (unpaired) electrons. The second-order valence-electron chi connectivity index (χ2n) is 4.82. The van der Waals surface area contributed by atoms with Crippen LogP contribution in [0.1, 0.15) is 37.8 Å². The summed E-state index contributed by atoms with van der Waals surface area (Å²) in [4.78, 5) is 4.09. The summed E-state index contributed by atoms with van der Waals surface area (Å²) < 4.78 is 0. The third kappa shape index (κ3) is 1.25. The summed E-state index contributed by atoms with van der Waals surface area (Å²) >= 11 is 0. The molecule has 0 amide bonds. The first-order chi connectivity index (χ1) is 6.47. The van der Waals surface area contributed by atoms with Gasteiger partial charge in [0.2, 0.25) is 0 Å². The molecule has 0 bridgehead atoms. The van der Waals surface area contributed by atoms with E-state index in [2.05, 4.69) is 11.9 Å². The molecule has 1 aliphatic carbocycles. The molecule has 14 heavy (non-hydrogen) atoms. The number of hydrogen-bond donors (Lipinski definition) is 1. The Hall–Kier alpha value is -0.890. The third-order valence-corrected chi connectivity index (χ3v) is 3.74. The van der Waals surface area contributed by atoms with Gasteiger partial charge in [-0.3, -0.25) is 4.98 Å². The van der Waals surface area contributed by atoms with Crippen molar-refractivity contribution in [3.63, 3.8) is 0 Å². The molecule has 1 aliphatic rings. The van der Waals surface area contributed by atoms with Crippen LogP contribution < -0.4 is 0 Å². The van der Waals surface area contributed by atoms with Crippen LogP contribution in [0.4, 0.5) is 0 Å². The molecule has 76 valence electrons. The van der Waals surface area contributed by atoms with Gasteiger partial charge in [-0.25, -0.2) is 0 Å². The van der Waals surface area contributed by atoms with E-state index in [0.29, 0.717) is 0 Å². The predicted molar refractivity (Wildman–Crippen MR) is 55.9 cm³/mol. The van der Waals surface area contributed by atoms with E-state index in [1.165, 1.54) is 0 Å². The second-order valence-corrected chi connectivity index (χ2v) is 4.82. The van der Waals surface area contributed by atoms with Gasteiger partial charge in [-0.05, 0) is 38.3 Å². The van der Waals surface area contributed by atoms with Gasteiger partial charge >= 0.3 is 0 Å². The highest BCUT2D eigenvalue weighted by atomic mass is 16.3. The maximum Gasteiger partial charge on any atom is 0.0939 e. The van der Waals surface area contributed by atoms with E-state index in [1.807, 2.05) is 19.9 Å². The Bertz CT molecular complexity index is 353. The Morgan fingerprint density at radius 2 is 2.14 bits per heavy atom. The van der Waals surface area contributed by atoms with Crippen LogP contribution in [0.3, 0.4) is 0 Å². The van der Waals surface area contributed by atoms with Crippen molar-refractivity contribution < 1.29 is 5.11 Å². The fourth-order valence-corrected chi connectivity index (χ4v) is 1.97. The fraction of sp³-hybridized carbons (Fsp3) is 0.583. The molecule has 1 atom stereocenters. The monoisotopic (exact) mass is 191 g/mol. The van der Waals surface area contributed by atoms with E-state index in [9.17, 15) is 5.11 Å². The van der Waals surface area contributed by atoms with Gasteiger partial charge < -0.3 is 5.11 Å². The zero-order valence-electron chi connectivity index (χ0n) is 9.04. The predicted octanol–water partition coefficient (Wildman–Crippen LogP) is 2.40. The van der Waals surface area contributed by atoms with Crippen LogP contribution in [0, 0.1) is 12.3 Å². The average Bonchev–Trinajstić information content (AvgIpc) is 2.86. The van der Waals surface area contributed by atoms with Crippen LogP contribution >= 0.6 is 0 Å². The van der Waals surface area contributed by atoms with Crippen molar-refractivity contribution in [3.8, 4) is 0 Å². The number of nitrogens with zero attached hydrogens (tertiary/aromatic N) is 1. The molecule has 1 unspecified atom stereocenters. The van der Waals surface area contributed by atoms with Gasteiger partial charge in [-0.2, -0.15) is 0 Å². The number of aryl methyl sites for hydroxylation is 1. The van der Waals surface area contributed by atoms with E-state index >= 15 is 0 Å². The molecule has 2 rings (SSSR count). The molecule has 2 nitrogen and oxygen atoms in total. The summed E-state index contributed by atoms with van der Waals surface area (Å²) in [7, 11) is 0. The standard InChI is InChI=1S/C12H17NO/c1-9-4-7-13-8-10(9)12(3,14)11(2)5-6-11/h4,7-8,14H,5-6H2,1-3H3. The van der Waals surface area contributed by atoms with Crippen molar-refractivity contribution in [1.82, 2.24) is 4.98 Å². The SMILES string of the molecule is Cc1ccncc1C(C)(O)C1(C)CC1. The molecule has 0 aromatic carbocycles. The van der Waals surface area contributed by atoms with Gasteiger partial charge in [0.05, 0.1) is 5.60 Å². The summed E-state index contributed by atoms with van der Waals surface area (Å²) in [5.74, 6) is 0. The number of aliphatic hydroxyl groups is 1. The molecular formula is C12H17NO. The van der Waals surface area contributed by atoms with E-state index in [4.69, 9.17) is 0 Å². The van der Waals surface area contributed by atoms with Crippen LogP contribution in [0.2, 0.25) is 0 Å². The molecule has 1 saturated carbocycles. The van der Waals surface area contributed by atoms with Crippen molar-refractivity contribution >= 4 is 0 Å². The highest BCUT2D eigenvalue weighted by Gasteiger charge is 2.53. The average molecular weight is 191 g/mol. The van der Waals surface area contributed by atoms with Gasteiger partial charge in [0.25, 0.3) is 0 Å². The van der Waals surface area contributed by atoms with Crippen LogP contribution in [0.25, 0.3) is 0 Å². The van der Waals surface area contributed by atoms with Gasteiger partial charge in [0.15, 0.2) is 0 Å². The van der Waals surface area contributed by atoms with Crippen LogP contribution in [0.15, 0.2) is 18.5 Å². The van der Waals surface area contributed by atoms with Crippen LogP contribution in [-0.4, -0.2) is 10.1 Å². The first-order valence-corrected chi connectivity index (χ1v) is 5.11. The number of hydrogen-bond acceptors (Lipinski definition) is 2. The van der Waals surface area contributed by atoms with Crippen molar-refractivity contribution in [3.05, 3.63) is 29.6 Å². The lowest BCUT2D eigenvalue weighted by molar-refractivity contribution is -0.0135. The lowest BCUT2D eigenvalue weighted by atomic mass is 9.80. The quantitative estimate of drug-likeness (QED) is 0.778. The molecule has 1 aromatic heterocycles. The summed E-state index contributed by atoms with van der Waals surface area (Å²) in [6, 6.07) is 1.95. The highest BCUT2D eigenvalue weighted by Crippen LogP contribution is 2.58. The Kier molecular flexibility index (Phi) is 1.93. The van der Waals surface area contributed by atoms with Crippen LogP contribution in [-0.2, 0) is 5.60 Å². The summed E-state index contributed by atoms with van der Waals surface area (Å²) in [5, 5.41) is 10.5. The zero-order chi connectivity index (χ0) is 10.4. The van der Waals surface area contributed by atoms with E-state index in [0.717, 1.165) is 24.0 Å². The Balaban J connectivity index is 2.44. The third-order valence-electron chi connectivity index (χ3n) is 3.74. The Labute approximate surface area is 85.0 Å². The second kappa shape index (κ2) is 2.80. The number of aromatic nitrogens is 1. The molecule has 0 saturated heterocycles. The molecule has 2 heteroatoms. The molecular weight excluding hydrogens is 174 g/mol. The minimum atomic E-state index is -0.731. The number of pyridine rings is 1. The maximum absolute atomic E-state index is 10.5. The lowest BCUT2D eigenvalue weighted by Crippen LogP contribution is -2.32. The van der Waals surface area contributed by atoms with Gasteiger partial charge in [-0.15, -0.1) is 0 Å². The lowest BCUT2D eigenvalue weighted by Gasteiger charge is -2.31. The van der Waals surface area contributed by atoms with E-state index in [-0.39, 0.29) is 5.41 Å². The van der Waals surface area contributed by atoms with Crippen molar-refractivity contribution in [2.75, 3.05) is 0 Å².